The van der Waals surface area contributed by atoms with E-state index in [1.807, 2.05) is 28.7 Å². The second-order valence-electron chi connectivity index (χ2n) is 10.4. The number of hydrogen-bond donors (Lipinski definition) is 2. The van der Waals surface area contributed by atoms with Crippen molar-refractivity contribution >= 4 is 91.3 Å². The predicted molar refractivity (Wildman–Crippen MR) is 154 cm³/mol. The molecular weight excluding hydrogens is 746 g/mol. The summed E-state index contributed by atoms with van der Waals surface area (Å²) < 4.78 is 5.77. The fourth-order valence-electron chi connectivity index (χ4n) is 6.72. The third-order valence-corrected chi connectivity index (χ3v) is 11.2. The van der Waals surface area contributed by atoms with Gasteiger partial charge in [-0.15, -0.1) is 23.2 Å². The predicted octanol–water partition coefficient (Wildman–Crippen LogP) is 3.58. The largest absolute Gasteiger partial charge is 0.504 e. The Hall–Kier alpha value is -1.90. The summed E-state index contributed by atoms with van der Waals surface area (Å²) in [6.45, 7) is -0.0317. The van der Waals surface area contributed by atoms with Gasteiger partial charge in [-0.2, -0.15) is 0 Å². The molecule has 214 valence electrons. The lowest BCUT2D eigenvalue weighted by molar-refractivity contribution is -0.142. The molecule has 2 aliphatic heterocycles. The van der Waals surface area contributed by atoms with Crippen molar-refractivity contribution in [3.05, 3.63) is 32.9 Å². The van der Waals surface area contributed by atoms with E-state index in [0.29, 0.717) is 14.7 Å². The lowest BCUT2D eigenvalue weighted by atomic mass is 9.56. The Morgan fingerprint density at radius 3 is 2.48 bits per heavy atom. The number of likely N-dealkylation sites (tertiary alicyclic amines) is 2. The van der Waals surface area contributed by atoms with Crippen LogP contribution in [-0.4, -0.2) is 78.5 Å². The summed E-state index contributed by atoms with van der Waals surface area (Å²) in [5.41, 5.74) is 0.935. The molecule has 1 aromatic rings. The van der Waals surface area contributed by atoms with E-state index in [0.717, 1.165) is 9.80 Å². The normalized spacial score (nSPS) is 33.1. The number of aromatic hydroxyl groups is 1. The van der Waals surface area contributed by atoms with Crippen LogP contribution >= 0.6 is 61.7 Å². The minimum Gasteiger partial charge on any atom is -0.504 e. The second-order valence-corrected chi connectivity index (χ2v) is 13.3. The number of ether oxygens (including phenoxy) is 1. The van der Waals surface area contributed by atoms with Crippen LogP contribution in [0.5, 0.6) is 11.5 Å². The number of carbonyl (C=O) groups excluding carboxylic acids is 4. The molecule has 1 aromatic carbocycles. The van der Waals surface area contributed by atoms with Crippen LogP contribution in [-0.2, 0) is 24.0 Å². The van der Waals surface area contributed by atoms with Crippen LogP contribution in [0.3, 0.4) is 0 Å². The molecule has 1 saturated carbocycles. The Bertz CT molecular complexity index is 1390. The minimum atomic E-state index is -1.97. The third kappa shape index (κ3) is 4.03. The monoisotopic (exact) mass is 768 g/mol. The highest BCUT2D eigenvalue weighted by atomic mass is 127. The van der Waals surface area contributed by atoms with Crippen LogP contribution in [0.1, 0.15) is 37.2 Å². The van der Waals surface area contributed by atoms with E-state index in [-0.39, 0.29) is 49.2 Å². The van der Waals surface area contributed by atoms with Crippen LogP contribution in [0, 0.1) is 21.3 Å². The second kappa shape index (κ2) is 10.4. The van der Waals surface area contributed by atoms with E-state index in [1.54, 1.807) is 6.07 Å². The zero-order valence-corrected chi connectivity index (χ0v) is 26.3. The van der Waals surface area contributed by atoms with Gasteiger partial charge in [-0.05, 0) is 65.5 Å². The van der Waals surface area contributed by atoms with Gasteiger partial charge in [0.2, 0.25) is 11.8 Å². The quantitative estimate of drug-likeness (QED) is 0.141. The highest BCUT2D eigenvalue weighted by Gasteiger charge is 2.76. The molecule has 6 unspecified atom stereocenters. The van der Waals surface area contributed by atoms with Crippen molar-refractivity contribution < 1.29 is 38.9 Å². The zero-order valence-electron chi connectivity index (χ0n) is 21.0. The summed E-state index contributed by atoms with van der Waals surface area (Å²) >= 11 is 19.5. The number of hydrogen-bond acceptors (Lipinski definition) is 7. The number of phenols is 1. The smallest absolute Gasteiger partial charge is 0.303 e. The number of methoxy groups -OCH3 is 1. The molecular formula is C26H24BrCl2IN2O8. The van der Waals surface area contributed by atoms with Crippen LogP contribution < -0.4 is 4.74 Å². The molecule has 5 rings (SSSR count). The van der Waals surface area contributed by atoms with Gasteiger partial charge >= 0.3 is 5.97 Å². The number of amides is 4. The maximum Gasteiger partial charge on any atom is 0.303 e. The van der Waals surface area contributed by atoms with Gasteiger partial charge in [0.05, 0.1) is 28.0 Å². The molecule has 4 aliphatic rings. The fraction of sp³-hybridized carbons (Fsp3) is 0.500. The number of carboxylic acid groups (broad SMARTS) is 1. The Labute approximate surface area is 261 Å². The van der Waals surface area contributed by atoms with Crippen LogP contribution in [0.25, 0.3) is 0 Å². The minimum absolute atomic E-state index is 0.0317. The lowest BCUT2D eigenvalue weighted by Gasteiger charge is -2.50. The molecule has 6 atom stereocenters. The Morgan fingerprint density at radius 1 is 1.15 bits per heavy atom. The average Bonchev–Trinajstić information content (AvgIpc) is 3.23. The Balaban J connectivity index is 1.66. The molecule has 0 radical (unpaired) electrons. The number of fused-ring (bicyclic) bond motifs is 4. The lowest BCUT2D eigenvalue weighted by Crippen LogP contribution is -2.60. The van der Waals surface area contributed by atoms with E-state index < -0.39 is 63.0 Å². The first-order chi connectivity index (χ1) is 18.8. The van der Waals surface area contributed by atoms with E-state index >= 15 is 0 Å². The first-order valence-electron chi connectivity index (χ1n) is 12.5. The van der Waals surface area contributed by atoms with Crippen molar-refractivity contribution in [2.24, 2.45) is 17.8 Å². The van der Waals surface area contributed by atoms with Crippen LogP contribution in [0.4, 0.5) is 0 Å². The Morgan fingerprint density at radius 2 is 1.85 bits per heavy atom. The van der Waals surface area contributed by atoms with Crippen molar-refractivity contribution in [2.75, 3.05) is 19.1 Å². The first kappa shape index (κ1) is 29.6. The van der Waals surface area contributed by atoms with E-state index in [9.17, 15) is 29.1 Å². The summed E-state index contributed by atoms with van der Waals surface area (Å²) in [4.78, 5) is 63.6. The number of alkyl halides is 3. The van der Waals surface area contributed by atoms with Crippen LogP contribution in [0.15, 0.2) is 23.8 Å². The number of benzene rings is 1. The number of nitrogens with zero attached hydrogens (tertiary/aromatic N) is 2. The van der Waals surface area contributed by atoms with E-state index in [4.69, 9.17) is 33.0 Å². The SMILES string of the molecule is COc1cc(C2C3=CCC4C(=O)N(CCCC(=O)O)C(=O)C4C3CC3(Cl)C(=O)N(CBr)C(=O)C23Cl)cc(I)c1O. The van der Waals surface area contributed by atoms with Gasteiger partial charge in [-0.25, -0.2) is 0 Å². The molecule has 14 heteroatoms. The van der Waals surface area contributed by atoms with Crippen molar-refractivity contribution in [3.8, 4) is 11.5 Å². The molecule has 0 bridgehead atoms. The topological polar surface area (TPSA) is 142 Å². The summed E-state index contributed by atoms with van der Waals surface area (Å²) in [6, 6.07) is 3.17. The number of phenolic OH excluding ortho intramolecular Hbond substituents is 1. The van der Waals surface area contributed by atoms with Gasteiger partial charge in [-0.1, -0.05) is 27.6 Å². The standard InChI is InChI=1S/C26H24BrCl2IN2O8/c1-40-16-8-11(7-15(30)20(16)35)19-12-4-5-13-18(22(37)31(21(13)36)6-2-3-17(33)34)14(12)9-25(28)23(38)32(10-27)24(39)26(19,25)29/h4,7-8,13-14,18-19,35H,2-3,5-6,9-10H2,1H3,(H,33,34). The highest BCUT2D eigenvalue weighted by Crippen LogP contribution is 2.65. The number of imide groups is 2. The Kier molecular flexibility index (Phi) is 7.71. The zero-order chi connectivity index (χ0) is 29.3. The van der Waals surface area contributed by atoms with Crippen molar-refractivity contribution in [2.45, 2.75) is 41.3 Å². The fourth-order valence-corrected chi connectivity index (χ4v) is 8.77. The molecule has 2 heterocycles. The van der Waals surface area contributed by atoms with Crippen molar-refractivity contribution in [3.63, 3.8) is 0 Å². The molecule has 2 aliphatic carbocycles. The summed E-state index contributed by atoms with van der Waals surface area (Å²) in [6.07, 6.45) is 1.78. The average molecular weight is 770 g/mol. The maximum absolute atomic E-state index is 13.8. The van der Waals surface area contributed by atoms with Gasteiger partial charge < -0.3 is 14.9 Å². The number of allylic oxidation sites excluding steroid dienone is 2. The maximum atomic E-state index is 13.8. The van der Waals surface area contributed by atoms with Gasteiger partial charge in [0, 0.05) is 18.9 Å². The molecule has 0 aromatic heterocycles. The van der Waals surface area contributed by atoms with Gasteiger partial charge in [0.15, 0.2) is 21.2 Å². The number of carboxylic acids is 1. The van der Waals surface area contributed by atoms with Crippen LogP contribution in [0.2, 0.25) is 0 Å². The number of aliphatic carboxylic acids is 1. The summed E-state index contributed by atoms with van der Waals surface area (Å²) in [7, 11) is 1.38. The van der Waals surface area contributed by atoms with Crippen molar-refractivity contribution in [1.82, 2.24) is 9.80 Å². The molecule has 2 saturated heterocycles. The number of carbonyl (C=O) groups is 5. The van der Waals surface area contributed by atoms with Gasteiger partial charge in [0.25, 0.3) is 11.8 Å². The first-order valence-corrected chi connectivity index (χ1v) is 15.4. The van der Waals surface area contributed by atoms with E-state index in [2.05, 4.69) is 15.9 Å². The summed E-state index contributed by atoms with van der Waals surface area (Å²) in [5.74, 6) is -6.49. The summed E-state index contributed by atoms with van der Waals surface area (Å²) in [5, 5.41) is 19.5. The molecule has 3 fully saturated rings. The third-order valence-electron chi connectivity index (χ3n) is 8.48. The van der Waals surface area contributed by atoms with Gasteiger partial charge in [-0.3, -0.25) is 33.8 Å². The van der Waals surface area contributed by atoms with E-state index in [1.165, 1.54) is 13.2 Å². The molecule has 40 heavy (non-hydrogen) atoms. The van der Waals surface area contributed by atoms with Crippen molar-refractivity contribution in [1.29, 1.82) is 0 Å². The number of rotatable bonds is 7. The molecule has 10 nitrogen and oxygen atoms in total. The highest BCUT2D eigenvalue weighted by molar-refractivity contribution is 14.1. The molecule has 2 N–H and O–H groups in total. The molecule has 4 amide bonds. The van der Waals surface area contributed by atoms with Gasteiger partial charge in [0.1, 0.15) is 0 Å². The number of halogens is 4. The molecule has 0 spiro atoms.